The minimum absolute atomic E-state index is 0.0955. The van der Waals surface area contributed by atoms with Crippen LogP contribution in [0.2, 0.25) is 0 Å². The molecule has 0 spiro atoms. The number of hydrogen-bond acceptors (Lipinski definition) is 2. The first-order valence-corrected chi connectivity index (χ1v) is 7.17. The smallest absolute Gasteiger partial charge is 0.220 e. The fourth-order valence-corrected chi connectivity index (χ4v) is 2.61. The average Bonchev–Trinajstić information content (AvgIpc) is 2.80. The molecule has 0 saturated heterocycles. The first kappa shape index (κ1) is 14.5. The van der Waals surface area contributed by atoms with Crippen LogP contribution in [0.4, 0.5) is 0 Å². The molecule has 17 heavy (non-hydrogen) atoms. The van der Waals surface area contributed by atoms with E-state index >= 15 is 0 Å². The molecule has 0 bridgehead atoms. The van der Waals surface area contributed by atoms with Gasteiger partial charge in [-0.3, -0.25) is 4.79 Å². The number of hydrogen-bond donors (Lipinski definition) is 2. The van der Waals surface area contributed by atoms with Gasteiger partial charge in [-0.05, 0) is 25.2 Å². The van der Waals surface area contributed by atoms with Gasteiger partial charge in [0.05, 0.1) is 6.10 Å². The summed E-state index contributed by atoms with van der Waals surface area (Å²) in [6.45, 7) is 2.45. The third-order valence-corrected chi connectivity index (χ3v) is 3.65. The molecular weight excluding hydrogens is 214 g/mol. The SMILES string of the molecule is CCCC(O)CNC(=O)CCCC1CCCC1. The summed E-state index contributed by atoms with van der Waals surface area (Å²) in [5.74, 6) is 0.964. The molecule has 3 heteroatoms. The van der Waals surface area contributed by atoms with E-state index in [1.807, 2.05) is 6.92 Å². The third-order valence-electron chi connectivity index (χ3n) is 3.65. The zero-order chi connectivity index (χ0) is 12.5. The van der Waals surface area contributed by atoms with E-state index in [0.29, 0.717) is 13.0 Å². The van der Waals surface area contributed by atoms with Crippen molar-refractivity contribution in [3.05, 3.63) is 0 Å². The number of nitrogens with one attached hydrogen (secondary N) is 1. The molecule has 1 aliphatic rings. The maximum atomic E-state index is 11.5. The van der Waals surface area contributed by atoms with Crippen molar-refractivity contribution < 1.29 is 9.90 Å². The highest BCUT2D eigenvalue weighted by Crippen LogP contribution is 2.28. The molecule has 1 unspecified atom stereocenters. The zero-order valence-electron chi connectivity index (χ0n) is 11.1. The van der Waals surface area contributed by atoms with E-state index in [1.54, 1.807) is 0 Å². The third kappa shape index (κ3) is 6.67. The highest BCUT2D eigenvalue weighted by molar-refractivity contribution is 5.75. The van der Waals surface area contributed by atoms with E-state index in [1.165, 1.54) is 32.1 Å². The summed E-state index contributed by atoms with van der Waals surface area (Å²) in [6.07, 6.45) is 9.63. The number of aliphatic hydroxyl groups excluding tert-OH is 1. The molecule has 1 atom stereocenters. The quantitative estimate of drug-likeness (QED) is 0.686. The van der Waals surface area contributed by atoms with Gasteiger partial charge in [-0.1, -0.05) is 39.0 Å². The Hall–Kier alpha value is -0.570. The Morgan fingerprint density at radius 2 is 2.12 bits per heavy atom. The Balaban J connectivity index is 1.96. The van der Waals surface area contributed by atoms with Gasteiger partial charge in [0, 0.05) is 13.0 Å². The molecule has 0 aromatic heterocycles. The van der Waals surface area contributed by atoms with Gasteiger partial charge in [-0.15, -0.1) is 0 Å². The molecule has 0 aromatic carbocycles. The molecule has 1 amide bonds. The summed E-state index contributed by atoms with van der Waals surface area (Å²) in [6, 6.07) is 0. The van der Waals surface area contributed by atoms with E-state index in [2.05, 4.69) is 5.32 Å². The second-order valence-electron chi connectivity index (χ2n) is 5.29. The van der Waals surface area contributed by atoms with E-state index in [0.717, 1.165) is 25.2 Å². The Kier molecular flexibility index (Phi) is 7.25. The predicted molar refractivity (Wildman–Crippen MR) is 69.7 cm³/mol. The van der Waals surface area contributed by atoms with Gasteiger partial charge in [0.1, 0.15) is 0 Å². The van der Waals surface area contributed by atoms with E-state index in [9.17, 15) is 9.90 Å². The summed E-state index contributed by atoms with van der Waals surface area (Å²) < 4.78 is 0. The molecule has 1 saturated carbocycles. The number of amides is 1. The van der Waals surface area contributed by atoms with Crippen LogP contribution in [-0.4, -0.2) is 23.7 Å². The molecule has 1 rings (SSSR count). The van der Waals surface area contributed by atoms with Crippen molar-refractivity contribution in [2.24, 2.45) is 5.92 Å². The van der Waals surface area contributed by atoms with Crippen LogP contribution in [0.25, 0.3) is 0 Å². The number of carbonyl (C=O) groups excluding carboxylic acids is 1. The van der Waals surface area contributed by atoms with Crippen molar-refractivity contribution >= 4 is 5.91 Å². The van der Waals surface area contributed by atoms with Crippen LogP contribution in [0, 0.1) is 5.92 Å². The topological polar surface area (TPSA) is 49.3 Å². The molecule has 2 N–H and O–H groups in total. The maximum absolute atomic E-state index is 11.5. The minimum atomic E-state index is -0.376. The summed E-state index contributed by atoms with van der Waals surface area (Å²) in [5.41, 5.74) is 0. The molecule has 1 fully saturated rings. The van der Waals surface area contributed by atoms with Crippen molar-refractivity contribution in [1.29, 1.82) is 0 Å². The molecular formula is C14H27NO2. The number of aliphatic hydroxyl groups is 1. The van der Waals surface area contributed by atoms with Crippen LogP contribution in [0.1, 0.15) is 64.7 Å². The predicted octanol–water partition coefficient (Wildman–Crippen LogP) is 2.62. The standard InChI is InChI=1S/C14H27NO2/c1-2-6-13(16)11-15-14(17)10-5-9-12-7-3-4-8-12/h12-13,16H,2-11H2,1H3,(H,15,17). The van der Waals surface area contributed by atoms with Crippen LogP contribution in [0.15, 0.2) is 0 Å². The monoisotopic (exact) mass is 241 g/mol. The van der Waals surface area contributed by atoms with Gasteiger partial charge in [-0.2, -0.15) is 0 Å². The second-order valence-corrected chi connectivity index (χ2v) is 5.29. The summed E-state index contributed by atoms with van der Waals surface area (Å²) in [7, 11) is 0. The van der Waals surface area contributed by atoms with Crippen LogP contribution in [-0.2, 0) is 4.79 Å². The van der Waals surface area contributed by atoms with Gasteiger partial charge in [0.25, 0.3) is 0 Å². The molecule has 100 valence electrons. The van der Waals surface area contributed by atoms with Gasteiger partial charge < -0.3 is 10.4 Å². The summed E-state index contributed by atoms with van der Waals surface area (Å²) >= 11 is 0. The van der Waals surface area contributed by atoms with Crippen molar-refractivity contribution in [2.75, 3.05) is 6.54 Å². The Morgan fingerprint density at radius 3 is 2.76 bits per heavy atom. The van der Waals surface area contributed by atoms with Gasteiger partial charge in [-0.25, -0.2) is 0 Å². The molecule has 0 aliphatic heterocycles. The summed E-state index contributed by atoms with van der Waals surface area (Å²) in [4.78, 5) is 11.5. The molecule has 3 nitrogen and oxygen atoms in total. The summed E-state index contributed by atoms with van der Waals surface area (Å²) in [5, 5.41) is 12.3. The van der Waals surface area contributed by atoms with Crippen LogP contribution in [0.5, 0.6) is 0 Å². The van der Waals surface area contributed by atoms with Gasteiger partial charge in [0.2, 0.25) is 5.91 Å². The fourth-order valence-electron chi connectivity index (χ4n) is 2.61. The van der Waals surface area contributed by atoms with Gasteiger partial charge >= 0.3 is 0 Å². The van der Waals surface area contributed by atoms with Crippen LogP contribution >= 0.6 is 0 Å². The molecule has 0 radical (unpaired) electrons. The Labute approximate surface area is 105 Å². The molecule has 0 heterocycles. The number of rotatable bonds is 8. The lowest BCUT2D eigenvalue weighted by molar-refractivity contribution is -0.121. The second kappa shape index (κ2) is 8.51. The van der Waals surface area contributed by atoms with Crippen molar-refractivity contribution in [3.8, 4) is 0 Å². The first-order chi connectivity index (χ1) is 8.22. The van der Waals surface area contributed by atoms with E-state index in [4.69, 9.17) is 0 Å². The van der Waals surface area contributed by atoms with E-state index < -0.39 is 0 Å². The lowest BCUT2D eigenvalue weighted by Gasteiger charge is -2.11. The van der Waals surface area contributed by atoms with Crippen molar-refractivity contribution in [3.63, 3.8) is 0 Å². The molecule has 0 aromatic rings. The zero-order valence-corrected chi connectivity index (χ0v) is 11.1. The van der Waals surface area contributed by atoms with Gasteiger partial charge in [0.15, 0.2) is 0 Å². The number of carbonyl (C=O) groups is 1. The fraction of sp³-hybridized carbons (Fsp3) is 0.929. The Morgan fingerprint density at radius 1 is 1.41 bits per heavy atom. The first-order valence-electron chi connectivity index (χ1n) is 7.17. The van der Waals surface area contributed by atoms with E-state index in [-0.39, 0.29) is 12.0 Å². The lowest BCUT2D eigenvalue weighted by atomic mass is 10.0. The van der Waals surface area contributed by atoms with Crippen molar-refractivity contribution in [2.45, 2.75) is 70.8 Å². The highest BCUT2D eigenvalue weighted by Gasteiger charge is 2.15. The normalized spacial score (nSPS) is 18.2. The largest absolute Gasteiger partial charge is 0.391 e. The van der Waals surface area contributed by atoms with Crippen molar-refractivity contribution in [1.82, 2.24) is 5.32 Å². The van der Waals surface area contributed by atoms with Crippen LogP contribution in [0.3, 0.4) is 0 Å². The van der Waals surface area contributed by atoms with Crippen LogP contribution < -0.4 is 5.32 Å². The maximum Gasteiger partial charge on any atom is 0.220 e. The average molecular weight is 241 g/mol. The highest BCUT2D eigenvalue weighted by atomic mass is 16.3. The lowest BCUT2D eigenvalue weighted by Crippen LogP contribution is -2.31. The Bertz CT molecular complexity index is 212. The molecule has 1 aliphatic carbocycles. The minimum Gasteiger partial charge on any atom is -0.391 e.